The van der Waals surface area contributed by atoms with E-state index in [0.717, 1.165) is 10.8 Å². The summed E-state index contributed by atoms with van der Waals surface area (Å²) in [6, 6.07) is 13.6. The molecule has 0 radical (unpaired) electrons. The predicted molar refractivity (Wildman–Crippen MR) is 94.7 cm³/mol. The second-order valence-corrected chi connectivity index (χ2v) is 5.88. The molecule has 126 valence electrons. The average molecular weight is 355 g/mol. The third-order valence-electron chi connectivity index (χ3n) is 3.28. The number of nitrogens with zero attached hydrogens (tertiary/aromatic N) is 2. The number of carbonyl (C=O) groups excluding carboxylic acids is 1. The van der Waals surface area contributed by atoms with Gasteiger partial charge in [0, 0.05) is 23.2 Å². The van der Waals surface area contributed by atoms with Gasteiger partial charge in [-0.05, 0) is 18.2 Å². The zero-order valence-corrected chi connectivity index (χ0v) is 13.7. The molecule has 1 aromatic heterocycles. The number of rotatable bonds is 7. The van der Waals surface area contributed by atoms with Crippen molar-refractivity contribution in [1.29, 1.82) is 0 Å². The summed E-state index contributed by atoms with van der Waals surface area (Å²) >= 11 is 1.43. The number of nitrogens with one attached hydrogen (secondary N) is 1. The van der Waals surface area contributed by atoms with Crippen LogP contribution in [0.25, 0.3) is 0 Å². The van der Waals surface area contributed by atoms with Crippen LogP contribution in [0, 0.1) is 10.1 Å². The topological polar surface area (TPSA) is 94.4 Å². The minimum Gasteiger partial charge on any atom is -0.487 e. The lowest BCUT2D eigenvalue weighted by molar-refractivity contribution is -0.384. The van der Waals surface area contributed by atoms with E-state index in [-0.39, 0.29) is 23.6 Å². The third-order valence-corrected chi connectivity index (χ3v) is 4.09. The Kier molecular flexibility index (Phi) is 5.00. The van der Waals surface area contributed by atoms with Crippen LogP contribution in [0.15, 0.2) is 53.9 Å². The maximum absolute atomic E-state index is 11.1. The lowest BCUT2D eigenvalue weighted by Gasteiger charge is -2.06. The molecule has 0 aliphatic rings. The van der Waals surface area contributed by atoms with E-state index in [4.69, 9.17) is 4.74 Å². The molecule has 0 bridgehead atoms. The van der Waals surface area contributed by atoms with Crippen LogP contribution in [0.2, 0.25) is 0 Å². The minimum absolute atomic E-state index is 0.132. The highest BCUT2D eigenvalue weighted by Gasteiger charge is 2.12. The fourth-order valence-corrected chi connectivity index (χ4v) is 2.82. The zero-order chi connectivity index (χ0) is 17.6. The molecule has 7 nitrogen and oxygen atoms in total. The SMILES string of the molecule is O=Cc1cc([N+](=O)[O-])ccc1OCc1csc(Nc2ccccc2)n1. The van der Waals surface area contributed by atoms with Crippen LogP contribution in [-0.2, 0) is 6.61 Å². The van der Waals surface area contributed by atoms with Crippen molar-refractivity contribution < 1.29 is 14.5 Å². The quantitative estimate of drug-likeness (QED) is 0.388. The molecule has 2 aromatic carbocycles. The minimum atomic E-state index is -0.557. The molecule has 0 fully saturated rings. The summed E-state index contributed by atoms with van der Waals surface area (Å²) in [4.78, 5) is 25.7. The van der Waals surface area contributed by atoms with Gasteiger partial charge in [-0.1, -0.05) is 18.2 Å². The second-order valence-electron chi connectivity index (χ2n) is 5.02. The molecule has 1 heterocycles. The molecule has 25 heavy (non-hydrogen) atoms. The number of benzene rings is 2. The highest BCUT2D eigenvalue weighted by atomic mass is 32.1. The van der Waals surface area contributed by atoms with Gasteiger partial charge in [0.25, 0.3) is 5.69 Å². The van der Waals surface area contributed by atoms with Gasteiger partial charge < -0.3 is 10.1 Å². The predicted octanol–water partition coefficient (Wildman–Crippen LogP) is 4.19. The molecule has 3 rings (SSSR count). The Balaban J connectivity index is 1.66. The first kappa shape index (κ1) is 16.6. The summed E-state index contributed by atoms with van der Waals surface area (Å²) in [7, 11) is 0. The zero-order valence-electron chi connectivity index (χ0n) is 12.9. The van der Waals surface area contributed by atoms with Gasteiger partial charge >= 0.3 is 0 Å². The molecule has 0 saturated heterocycles. The van der Waals surface area contributed by atoms with Crippen molar-refractivity contribution in [2.75, 3.05) is 5.32 Å². The van der Waals surface area contributed by atoms with Crippen LogP contribution in [-0.4, -0.2) is 16.2 Å². The maximum atomic E-state index is 11.1. The van der Waals surface area contributed by atoms with Crippen LogP contribution in [0.3, 0.4) is 0 Å². The monoisotopic (exact) mass is 355 g/mol. The van der Waals surface area contributed by atoms with Crippen molar-refractivity contribution in [1.82, 2.24) is 4.98 Å². The molecule has 0 atom stereocenters. The van der Waals surface area contributed by atoms with Crippen molar-refractivity contribution in [2.45, 2.75) is 6.61 Å². The fraction of sp³-hybridized carbons (Fsp3) is 0.0588. The number of nitro groups is 1. The molecule has 3 aromatic rings. The Labute approximate surface area is 147 Å². The van der Waals surface area contributed by atoms with Crippen molar-refractivity contribution in [2.24, 2.45) is 0 Å². The second kappa shape index (κ2) is 7.54. The largest absolute Gasteiger partial charge is 0.487 e. The van der Waals surface area contributed by atoms with Crippen molar-refractivity contribution in [3.8, 4) is 5.75 Å². The number of aromatic nitrogens is 1. The van der Waals surface area contributed by atoms with Gasteiger partial charge in [-0.3, -0.25) is 14.9 Å². The first-order chi connectivity index (χ1) is 12.2. The van der Waals surface area contributed by atoms with Gasteiger partial charge in [0.05, 0.1) is 16.2 Å². The first-order valence-electron chi connectivity index (χ1n) is 7.28. The lowest BCUT2D eigenvalue weighted by atomic mass is 10.2. The van der Waals surface area contributed by atoms with Gasteiger partial charge in [0.1, 0.15) is 12.4 Å². The summed E-state index contributed by atoms with van der Waals surface area (Å²) in [5.41, 5.74) is 1.60. The van der Waals surface area contributed by atoms with Crippen LogP contribution < -0.4 is 10.1 Å². The molecule has 0 amide bonds. The summed E-state index contributed by atoms with van der Waals surface area (Å²) in [6.45, 7) is 0.158. The molecule has 8 heteroatoms. The first-order valence-corrected chi connectivity index (χ1v) is 8.16. The van der Waals surface area contributed by atoms with Crippen LogP contribution in [0.5, 0.6) is 5.75 Å². The Hall–Kier alpha value is -3.26. The third kappa shape index (κ3) is 4.18. The van der Waals surface area contributed by atoms with E-state index in [0.29, 0.717) is 12.0 Å². The van der Waals surface area contributed by atoms with E-state index in [9.17, 15) is 14.9 Å². The van der Waals surface area contributed by atoms with Crippen molar-refractivity contribution in [3.63, 3.8) is 0 Å². The van der Waals surface area contributed by atoms with E-state index in [1.807, 2.05) is 35.7 Å². The Morgan fingerprint density at radius 3 is 2.76 bits per heavy atom. The molecule has 0 aliphatic heterocycles. The average Bonchev–Trinajstić information content (AvgIpc) is 3.08. The van der Waals surface area contributed by atoms with E-state index >= 15 is 0 Å². The number of nitro benzene ring substituents is 1. The molecule has 1 N–H and O–H groups in total. The summed E-state index contributed by atoms with van der Waals surface area (Å²) in [5, 5.41) is 16.5. The molecule has 0 spiro atoms. The summed E-state index contributed by atoms with van der Waals surface area (Å²) in [6.07, 6.45) is 0.534. The lowest BCUT2D eigenvalue weighted by Crippen LogP contribution is -2.00. The summed E-state index contributed by atoms with van der Waals surface area (Å²) in [5.74, 6) is 0.283. The van der Waals surface area contributed by atoms with Gasteiger partial charge in [-0.25, -0.2) is 4.98 Å². The Morgan fingerprint density at radius 2 is 2.04 bits per heavy atom. The number of non-ortho nitro benzene ring substituents is 1. The number of para-hydroxylation sites is 1. The maximum Gasteiger partial charge on any atom is 0.270 e. The van der Waals surface area contributed by atoms with Gasteiger partial charge in [0.15, 0.2) is 11.4 Å². The highest BCUT2D eigenvalue weighted by molar-refractivity contribution is 7.13. The molecule has 0 unspecified atom stereocenters. The van der Waals surface area contributed by atoms with Gasteiger partial charge in [0.2, 0.25) is 0 Å². The number of hydrogen-bond donors (Lipinski definition) is 1. The smallest absolute Gasteiger partial charge is 0.270 e. The number of carbonyl (C=O) groups is 1. The number of hydrogen-bond acceptors (Lipinski definition) is 7. The number of aldehydes is 1. The number of anilines is 2. The molecular formula is C17H13N3O4S. The molecule has 0 aliphatic carbocycles. The fourth-order valence-electron chi connectivity index (χ4n) is 2.10. The standard InChI is InChI=1S/C17H13N3O4S/c21-9-12-8-15(20(22)23)6-7-16(12)24-10-14-11-25-17(19-14)18-13-4-2-1-3-5-13/h1-9,11H,10H2,(H,18,19). The van der Waals surface area contributed by atoms with E-state index in [2.05, 4.69) is 10.3 Å². The van der Waals surface area contributed by atoms with Crippen LogP contribution in [0.4, 0.5) is 16.5 Å². The van der Waals surface area contributed by atoms with E-state index < -0.39 is 4.92 Å². The number of thiazole rings is 1. The van der Waals surface area contributed by atoms with Crippen LogP contribution in [0.1, 0.15) is 16.1 Å². The number of ether oxygens (including phenoxy) is 1. The van der Waals surface area contributed by atoms with Gasteiger partial charge in [-0.15, -0.1) is 11.3 Å². The molecular weight excluding hydrogens is 342 g/mol. The van der Waals surface area contributed by atoms with E-state index in [1.165, 1.54) is 29.5 Å². The Morgan fingerprint density at radius 1 is 1.24 bits per heavy atom. The van der Waals surface area contributed by atoms with E-state index in [1.54, 1.807) is 0 Å². The molecule has 0 saturated carbocycles. The highest BCUT2D eigenvalue weighted by Crippen LogP contribution is 2.25. The summed E-state index contributed by atoms with van der Waals surface area (Å²) < 4.78 is 5.57. The normalized spacial score (nSPS) is 10.2. The van der Waals surface area contributed by atoms with Crippen molar-refractivity contribution in [3.05, 3.63) is 75.3 Å². The van der Waals surface area contributed by atoms with Gasteiger partial charge in [-0.2, -0.15) is 0 Å². The Bertz CT molecular complexity index is 896. The van der Waals surface area contributed by atoms with Crippen molar-refractivity contribution >= 4 is 34.1 Å². The van der Waals surface area contributed by atoms with Crippen LogP contribution >= 0.6 is 11.3 Å².